The van der Waals surface area contributed by atoms with Gasteiger partial charge in [-0.3, -0.25) is 4.98 Å². The summed E-state index contributed by atoms with van der Waals surface area (Å²) in [6.07, 6.45) is 4.31. The highest BCUT2D eigenvalue weighted by molar-refractivity contribution is 14.1. The van der Waals surface area contributed by atoms with Gasteiger partial charge in [-0.15, -0.1) is 0 Å². The minimum Gasteiger partial charge on any atom is -0.383 e. The first-order valence-electron chi connectivity index (χ1n) is 5.98. The van der Waals surface area contributed by atoms with E-state index in [2.05, 4.69) is 57.5 Å². The highest BCUT2D eigenvalue weighted by Crippen LogP contribution is 2.24. The van der Waals surface area contributed by atoms with Crippen LogP contribution in [-0.4, -0.2) is 15.0 Å². The first kappa shape index (κ1) is 14.0. The summed E-state index contributed by atoms with van der Waals surface area (Å²) >= 11 is 2.21. The average Bonchev–Trinajstić information content (AvgIpc) is 2.32. The zero-order chi connectivity index (χ0) is 14.0. The number of hydrogen-bond acceptors (Lipinski definition) is 5. The van der Waals surface area contributed by atoms with E-state index < -0.39 is 0 Å². The second-order valence-electron chi connectivity index (χ2n) is 4.68. The first-order valence-corrected chi connectivity index (χ1v) is 7.06. The highest BCUT2D eigenvalue weighted by atomic mass is 127. The summed E-state index contributed by atoms with van der Waals surface area (Å²) < 4.78 is 0.965. The molecule has 2 aromatic rings. The lowest BCUT2D eigenvalue weighted by Gasteiger charge is -2.13. The second kappa shape index (κ2) is 5.68. The Balaban J connectivity index is 2.39. The number of nitrogen functional groups attached to an aromatic ring is 2. The van der Waals surface area contributed by atoms with Gasteiger partial charge in [0.25, 0.3) is 0 Å². The van der Waals surface area contributed by atoms with Crippen LogP contribution in [0.2, 0.25) is 0 Å². The van der Waals surface area contributed by atoms with Gasteiger partial charge in [-0.05, 0) is 45.7 Å². The van der Waals surface area contributed by atoms with Crippen LogP contribution < -0.4 is 11.5 Å². The van der Waals surface area contributed by atoms with Gasteiger partial charge in [0.05, 0.1) is 0 Å². The van der Waals surface area contributed by atoms with E-state index in [1.54, 1.807) is 6.20 Å². The van der Waals surface area contributed by atoms with Crippen molar-refractivity contribution >= 4 is 34.4 Å². The number of pyridine rings is 1. The molecule has 2 heterocycles. The number of rotatable bonds is 3. The zero-order valence-corrected chi connectivity index (χ0v) is 13.0. The molecular weight excluding hydrogens is 353 g/mol. The molecule has 0 amide bonds. The van der Waals surface area contributed by atoms with E-state index in [0.717, 1.165) is 9.26 Å². The average molecular weight is 369 g/mol. The molecule has 2 rings (SSSR count). The SMILES string of the molecule is CC(C)c1cnc(I)cc1Cc1cnc(N)nc1N. The molecule has 2 aromatic heterocycles. The summed E-state index contributed by atoms with van der Waals surface area (Å²) in [5, 5.41) is 0. The Bertz CT molecular complexity index is 598. The van der Waals surface area contributed by atoms with Crippen molar-refractivity contribution in [2.24, 2.45) is 0 Å². The predicted molar refractivity (Wildman–Crippen MR) is 84.7 cm³/mol. The minimum atomic E-state index is 0.203. The molecule has 0 aliphatic carbocycles. The number of anilines is 2. The van der Waals surface area contributed by atoms with Gasteiger partial charge >= 0.3 is 0 Å². The Labute approximate surface area is 126 Å². The molecule has 0 aliphatic rings. The fourth-order valence-electron chi connectivity index (χ4n) is 1.93. The maximum Gasteiger partial charge on any atom is 0.221 e. The van der Waals surface area contributed by atoms with Gasteiger partial charge in [-0.25, -0.2) is 4.98 Å². The lowest BCUT2D eigenvalue weighted by molar-refractivity contribution is 0.836. The topological polar surface area (TPSA) is 90.7 Å². The molecule has 5 nitrogen and oxygen atoms in total. The Morgan fingerprint density at radius 3 is 2.53 bits per heavy atom. The van der Waals surface area contributed by atoms with Crippen molar-refractivity contribution in [2.45, 2.75) is 26.2 Å². The summed E-state index contributed by atoms with van der Waals surface area (Å²) in [4.78, 5) is 12.3. The fourth-order valence-corrected chi connectivity index (χ4v) is 2.44. The molecule has 0 unspecified atom stereocenters. The summed E-state index contributed by atoms with van der Waals surface area (Å²) in [6.45, 7) is 4.30. The van der Waals surface area contributed by atoms with Crippen molar-refractivity contribution in [3.05, 3.63) is 38.9 Å². The zero-order valence-electron chi connectivity index (χ0n) is 10.9. The third-order valence-electron chi connectivity index (χ3n) is 2.91. The third kappa shape index (κ3) is 3.31. The number of nitrogens with zero attached hydrogens (tertiary/aromatic N) is 3. The molecular formula is C13H16IN5. The molecule has 19 heavy (non-hydrogen) atoms. The van der Waals surface area contributed by atoms with Gasteiger partial charge in [0.1, 0.15) is 9.52 Å². The molecule has 0 aliphatic heterocycles. The lowest BCUT2D eigenvalue weighted by Crippen LogP contribution is -2.06. The number of halogens is 1. The maximum absolute atomic E-state index is 5.88. The van der Waals surface area contributed by atoms with E-state index in [0.29, 0.717) is 18.2 Å². The Hall–Kier alpha value is -1.44. The largest absolute Gasteiger partial charge is 0.383 e. The minimum absolute atomic E-state index is 0.203. The van der Waals surface area contributed by atoms with Gasteiger partial charge < -0.3 is 11.5 Å². The second-order valence-corrected chi connectivity index (χ2v) is 5.78. The molecule has 0 atom stereocenters. The van der Waals surface area contributed by atoms with E-state index >= 15 is 0 Å². The maximum atomic E-state index is 5.88. The Morgan fingerprint density at radius 2 is 1.89 bits per heavy atom. The summed E-state index contributed by atoms with van der Waals surface area (Å²) in [6, 6.07) is 2.08. The molecule has 6 heteroatoms. The van der Waals surface area contributed by atoms with Crippen LogP contribution in [0, 0.1) is 3.70 Å². The lowest BCUT2D eigenvalue weighted by atomic mass is 9.95. The van der Waals surface area contributed by atoms with E-state index in [1.165, 1.54) is 11.1 Å². The van der Waals surface area contributed by atoms with Crippen molar-refractivity contribution < 1.29 is 0 Å². The summed E-state index contributed by atoms with van der Waals surface area (Å²) in [7, 11) is 0. The van der Waals surface area contributed by atoms with E-state index in [4.69, 9.17) is 11.5 Å². The fraction of sp³-hybridized carbons (Fsp3) is 0.308. The van der Waals surface area contributed by atoms with Crippen molar-refractivity contribution in [1.29, 1.82) is 0 Å². The van der Waals surface area contributed by atoms with E-state index in [-0.39, 0.29) is 5.95 Å². The first-order chi connectivity index (χ1) is 8.97. The molecule has 0 radical (unpaired) electrons. The molecule has 4 N–H and O–H groups in total. The number of nitrogens with two attached hydrogens (primary N) is 2. The van der Waals surface area contributed by atoms with Crippen LogP contribution in [0.1, 0.15) is 36.5 Å². The quantitative estimate of drug-likeness (QED) is 0.640. The Morgan fingerprint density at radius 1 is 1.16 bits per heavy atom. The Kier molecular flexibility index (Phi) is 4.18. The van der Waals surface area contributed by atoms with Crippen LogP contribution in [0.4, 0.5) is 11.8 Å². The molecule has 0 bridgehead atoms. The summed E-state index contributed by atoms with van der Waals surface area (Å²) in [5.74, 6) is 1.05. The molecule has 0 saturated heterocycles. The number of aromatic nitrogens is 3. The standard InChI is InChI=1S/C13H16IN5/c1-7(2)10-6-17-11(14)4-8(10)3-9-5-18-13(16)19-12(9)15/h4-7H,3H2,1-2H3,(H4,15,16,18,19). The third-order valence-corrected chi connectivity index (χ3v) is 3.50. The van der Waals surface area contributed by atoms with Crippen molar-refractivity contribution in [3.8, 4) is 0 Å². The van der Waals surface area contributed by atoms with Crippen LogP contribution in [0.15, 0.2) is 18.5 Å². The molecule has 0 fully saturated rings. The van der Waals surface area contributed by atoms with Crippen molar-refractivity contribution in [1.82, 2.24) is 15.0 Å². The van der Waals surface area contributed by atoms with Gasteiger partial charge in [0.15, 0.2) is 0 Å². The molecule has 0 aromatic carbocycles. The molecule has 0 saturated carbocycles. The normalized spacial score (nSPS) is 10.9. The number of hydrogen-bond donors (Lipinski definition) is 2. The van der Waals surface area contributed by atoms with Gasteiger partial charge in [0, 0.05) is 24.4 Å². The predicted octanol–water partition coefficient (Wildman–Crippen LogP) is 2.35. The van der Waals surface area contributed by atoms with Crippen LogP contribution in [0.5, 0.6) is 0 Å². The summed E-state index contributed by atoms with van der Waals surface area (Å²) in [5.41, 5.74) is 14.7. The van der Waals surface area contributed by atoms with Gasteiger partial charge in [-0.1, -0.05) is 13.8 Å². The monoisotopic (exact) mass is 369 g/mol. The van der Waals surface area contributed by atoms with E-state index in [9.17, 15) is 0 Å². The van der Waals surface area contributed by atoms with E-state index in [1.807, 2.05) is 6.20 Å². The molecule has 100 valence electrons. The van der Waals surface area contributed by atoms with Crippen LogP contribution in [-0.2, 0) is 6.42 Å². The smallest absolute Gasteiger partial charge is 0.221 e. The molecule has 0 spiro atoms. The van der Waals surface area contributed by atoms with Crippen LogP contribution in [0.25, 0.3) is 0 Å². The van der Waals surface area contributed by atoms with Gasteiger partial charge in [-0.2, -0.15) is 4.98 Å². The van der Waals surface area contributed by atoms with Gasteiger partial charge in [0.2, 0.25) is 5.95 Å². The van der Waals surface area contributed by atoms with Crippen LogP contribution in [0.3, 0.4) is 0 Å². The highest BCUT2D eigenvalue weighted by Gasteiger charge is 2.11. The van der Waals surface area contributed by atoms with Crippen molar-refractivity contribution in [3.63, 3.8) is 0 Å². The van der Waals surface area contributed by atoms with Crippen molar-refractivity contribution in [2.75, 3.05) is 11.5 Å². The van der Waals surface area contributed by atoms with Crippen LogP contribution >= 0.6 is 22.6 Å².